The van der Waals surface area contributed by atoms with Gasteiger partial charge in [-0.1, -0.05) is 29.8 Å². The molecule has 1 fully saturated rings. The summed E-state index contributed by atoms with van der Waals surface area (Å²) >= 11 is 6.25. The third-order valence-corrected chi connectivity index (χ3v) is 6.36. The Morgan fingerprint density at radius 1 is 1.10 bits per heavy atom. The van der Waals surface area contributed by atoms with Gasteiger partial charge in [0.05, 0.1) is 23.8 Å². The Balaban J connectivity index is 1.67. The summed E-state index contributed by atoms with van der Waals surface area (Å²) in [5.74, 6) is 1.65. The van der Waals surface area contributed by atoms with Crippen molar-refractivity contribution in [3.05, 3.63) is 59.5 Å². The molecular weight excluding hydrogens is 410 g/mol. The lowest BCUT2D eigenvalue weighted by atomic mass is 9.99. The molecule has 3 heterocycles. The topological polar surface area (TPSA) is 49.2 Å². The second-order valence-corrected chi connectivity index (χ2v) is 8.61. The van der Waals surface area contributed by atoms with Crippen molar-refractivity contribution in [2.45, 2.75) is 25.8 Å². The molecule has 5 nitrogen and oxygen atoms in total. The number of benzene rings is 2. The Hall–Kier alpha value is -2.47. The van der Waals surface area contributed by atoms with Gasteiger partial charge in [0.15, 0.2) is 0 Å². The highest BCUT2D eigenvalue weighted by Crippen LogP contribution is 2.32. The van der Waals surface area contributed by atoms with Crippen LogP contribution < -0.4 is 0 Å². The van der Waals surface area contributed by atoms with E-state index in [-0.39, 0.29) is 0 Å². The lowest BCUT2D eigenvalue weighted by Crippen LogP contribution is -2.21. The molecule has 2 aromatic carbocycles. The summed E-state index contributed by atoms with van der Waals surface area (Å²) in [5.41, 5.74) is 5.30. The highest BCUT2D eigenvalue weighted by molar-refractivity contribution is 6.30. The van der Waals surface area contributed by atoms with Gasteiger partial charge in [-0.2, -0.15) is 0 Å². The van der Waals surface area contributed by atoms with Crippen molar-refractivity contribution in [1.82, 2.24) is 14.5 Å². The number of imidazole rings is 1. The summed E-state index contributed by atoms with van der Waals surface area (Å²) in [5, 5.41) is 1.86. The third kappa shape index (κ3) is 4.18. The first-order valence-electron chi connectivity index (χ1n) is 10.8. The van der Waals surface area contributed by atoms with Crippen LogP contribution in [0, 0.1) is 5.92 Å². The predicted molar refractivity (Wildman–Crippen MR) is 125 cm³/mol. The first kappa shape index (κ1) is 20.4. The summed E-state index contributed by atoms with van der Waals surface area (Å²) in [6, 6.07) is 14.4. The molecule has 0 atom stereocenters. The number of rotatable bonds is 6. The Labute approximate surface area is 187 Å². The van der Waals surface area contributed by atoms with Gasteiger partial charge in [-0.25, -0.2) is 4.98 Å². The first-order chi connectivity index (χ1) is 15.2. The average molecular weight is 436 g/mol. The molecule has 0 amide bonds. The molecule has 0 N–H and O–H groups in total. The standard InChI is InChI=1S/C25H26ClN3O2/c1-30-10-9-24-28-23-15-27-22-6-5-19(18-3-2-4-20(26)13-18)14-21(22)25(23)29(24)16-17-7-11-31-12-8-17/h2-6,13-15,17H,7-12,16H2,1H3. The molecule has 6 heteroatoms. The molecule has 160 valence electrons. The summed E-state index contributed by atoms with van der Waals surface area (Å²) in [4.78, 5) is 9.64. The number of pyridine rings is 1. The molecule has 1 aliphatic heterocycles. The largest absolute Gasteiger partial charge is 0.384 e. The van der Waals surface area contributed by atoms with E-state index in [1.54, 1.807) is 7.11 Å². The van der Waals surface area contributed by atoms with Crippen molar-refractivity contribution in [1.29, 1.82) is 0 Å². The Bertz CT molecular complexity index is 1210. The Morgan fingerprint density at radius 3 is 2.74 bits per heavy atom. The van der Waals surface area contributed by atoms with E-state index < -0.39 is 0 Å². The van der Waals surface area contributed by atoms with Crippen molar-refractivity contribution < 1.29 is 9.47 Å². The number of ether oxygens (including phenoxy) is 2. The van der Waals surface area contributed by atoms with E-state index in [0.717, 1.165) is 82.9 Å². The third-order valence-electron chi connectivity index (χ3n) is 6.12. The fraction of sp³-hybridized carbons (Fsp3) is 0.360. The fourth-order valence-electron chi connectivity index (χ4n) is 4.48. The minimum Gasteiger partial charge on any atom is -0.384 e. The number of hydrogen-bond donors (Lipinski definition) is 0. The van der Waals surface area contributed by atoms with E-state index in [4.69, 9.17) is 31.0 Å². The zero-order valence-corrected chi connectivity index (χ0v) is 18.4. The molecule has 0 saturated carbocycles. The monoisotopic (exact) mass is 435 g/mol. The minimum absolute atomic E-state index is 0.590. The molecule has 0 unspecified atom stereocenters. The molecule has 0 radical (unpaired) electrons. The van der Waals surface area contributed by atoms with Gasteiger partial charge in [-0.3, -0.25) is 4.98 Å². The predicted octanol–water partition coefficient (Wildman–Crippen LogP) is 5.52. The van der Waals surface area contributed by atoms with E-state index in [0.29, 0.717) is 12.5 Å². The van der Waals surface area contributed by atoms with Crippen LogP contribution in [0.1, 0.15) is 18.7 Å². The van der Waals surface area contributed by atoms with Crippen LogP contribution in [0.4, 0.5) is 0 Å². The van der Waals surface area contributed by atoms with E-state index in [9.17, 15) is 0 Å². The molecule has 4 aromatic rings. The quantitative estimate of drug-likeness (QED) is 0.400. The van der Waals surface area contributed by atoms with Gasteiger partial charge in [-0.05, 0) is 54.2 Å². The van der Waals surface area contributed by atoms with Gasteiger partial charge in [0.25, 0.3) is 0 Å². The number of hydrogen-bond acceptors (Lipinski definition) is 4. The second-order valence-electron chi connectivity index (χ2n) is 8.17. The van der Waals surface area contributed by atoms with Crippen LogP contribution in [0.3, 0.4) is 0 Å². The molecule has 2 aromatic heterocycles. The lowest BCUT2D eigenvalue weighted by molar-refractivity contribution is 0.0612. The number of aromatic nitrogens is 3. The van der Waals surface area contributed by atoms with Crippen molar-refractivity contribution in [3.63, 3.8) is 0 Å². The first-order valence-corrected chi connectivity index (χ1v) is 11.2. The number of nitrogens with zero attached hydrogens (tertiary/aromatic N) is 3. The summed E-state index contributed by atoms with van der Waals surface area (Å²) in [7, 11) is 1.74. The maximum absolute atomic E-state index is 6.25. The molecule has 5 rings (SSSR count). The van der Waals surface area contributed by atoms with Crippen LogP contribution in [0.15, 0.2) is 48.7 Å². The van der Waals surface area contributed by atoms with Crippen LogP contribution >= 0.6 is 11.6 Å². The Morgan fingerprint density at radius 2 is 1.94 bits per heavy atom. The molecule has 1 saturated heterocycles. The average Bonchev–Trinajstić information content (AvgIpc) is 3.15. The van der Waals surface area contributed by atoms with Crippen molar-refractivity contribution in [2.75, 3.05) is 26.9 Å². The van der Waals surface area contributed by atoms with Gasteiger partial charge >= 0.3 is 0 Å². The highest BCUT2D eigenvalue weighted by Gasteiger charge is 2.20. The summed E-state index contributed by atoms with van der Waals surface area (Å²) in [6.07, 6.45) is 4.84. The molecule has 31 heavy (non-hydrogen) atoms. The fourth-order valence-corrected chi connectivity index (χ4v) is 4.67. The van der Waals surface area contributed by atoms with Gasteiger partial charge in [0.1, 0.15) is 11.3 Å². The molecule has 0 aliphatic carbocycles. The smallest absolute Gasteiger partial charge is 0.112 e. The second kappa shape index (κ2) is 8.95. The summed E-state index contributed by atoms with van der Waals surface area (Å²) < 4.78 is 13.3. The van der Waals surface area contributed by atoms with E-state index in [2.05, 4.69) is 28.8 Å². The maximum atomic E-state index is 6.25. The molecule has 0 spiro atoms. The Kier molecular flexibility index (Phi) is 5.90. The van der Waals surface area contributed by atoms with Crippen molar-refractivity contribution in [2.24, 2.45) is 5.92 Å². The molecule has 0 bridgehead atoms. The van der Waals surface area contributed by atoms with Crippen molar-refractivity contribution in [3.8, 4) is 11.1 Å². The van der Waals surface area contributed by atoms with Crippen LogP contribution in [0.25, 0.3) is 33.1 Å². The number of halogens is 1. The van der Waals surface area contributed by atoms with Gasteiger partial charge < -0.3 is 14.0 Å². The van der Waals surface area contributed by atoms with E-state index in [1.165, 1.54) is 0 Å². The number of methoxy groups -OCH3 is 1. The SMILES string of the molecule is COCCc1nc2cnc3ccc(-c4cccc(Cl)c4)cc3c2n1CC1CCOCC1. The zero-order chi connectivity index (χ0) is 21.2. The van der Waals surface area contributed by atoms with Crippen LogP contribution in [-0.2, 0) is 22.4 Å². The van der Waals surface area contributed by atoms with E-state index in [1.807, 2.05) is 24.4 Å². The maximum Gasteiger partial charge on any atom is 0.112 e. The van der Waals surface area contributed by atoms with Gasteiger partial charge in [0, 0.05) is 43.7 Å². The van der Waals surface area contributed by atoms with Gasteiger partial charge in [0.2, 0.25) is 0 Å². The normalized spacial score (nSPS) is 15.2. The lowest BCUT2D eigenvalue weighted by Gasteiger charge is -2.23. The molecular formula is C25H26ClN3O2. The van der Waals surface area contributed by atoms with Crippen molar-refractivity contribution >= 4 is 33.5 Å². The van der Waals surface area contributed by atoms with Crippen LogP contribution in [0.5, 0.6) is 0 Å². The van der Waals surface area contributed by atoms with E-state index >= 15 is 0 Å². The van der Waals surface area contributed by atoms with Crippen LogP contribution in [-0.4, -0.2) is 41.5 Å². The van der Waals surface area contributed by atoms with Crippen LogP contribution in [0.2, 0.25) is 5.02 Å². The zero-order valence-electron chi connectivity index (χ0n) is 17.7. The van der Waals surface area contributed by atoms with Gasteiger partial charge in [-0.15, -0.1) is 0 Å². The highest BCUT2D eigenvalue weighted by atomic mass is 35.5. The number of fused-ring (bicyclic) bond motifs is 3. The summed E-state index contributed by atoms with van der Waals surface area (Å²) in [6.45, 7) is 3.27. The minimum atomic E-state index is 0.590. The molecule has 1 aliphatic rings.